The van der Waals surface area contributed by atoms with Gasteiger partial charge in [-0.2, -0.15) is 0 Å². The van der Waals surface area contributed by atoms with Crippen LogP contribution in [-0.2, 0) is 10.9 Å². The lowest BCUT2D eigenvalue weighted by molar-refractivity contribution is -0.0866. The maximum atomic E-state index is 13.6. The quantitative estimate of drug-likeness (QED) is 0.657. The number of fused-ring (bicyclic) bond motifs is 1. The molecule has 1 heterocycles. The van der Waals surface area contributed by atoms with Crippen LogP contribution in [0.15, 0.2) is 42.5 Å². The molecule has 0 spiro atoms. The standard InChI is InChI=1S/C17H16F3S.BrH/c1-16(2,3)13-8-7-12-9-14(11-5-4-6-11)21(15(12)10-13)17(18,19)20;/h4-10H,1-3H3;1H/q+1;/p-1. The van der Waals surface area contributed by atoms with Gasteiger partial charge in [0.15, 0.2) is 9.58 Å². The molecule has 0 nitrogen and oxygen atoms in total. The molecule has 1 aromatic heterocycles. The van der Waals surface area contributed by atoms with Crippen LogP contribution >= 0.6 is 10.5 Å². The molecule has 5 heteroatoms. The van der Waals surface area contributed by atoms with E-state index in [4.69, 9.17) is 0 Å². The minimum absolute atomic E-state index is 0. The second-order valence-corrected chi connectivity index (χ2v) is 8.20. The van der Waals surface area contributed by atoms with Crippen LogP contribution in [0.2, 0.25) is 0 Å². The van der Waals surface area contributed by atoms with Crippen molar-refractivity contribution in [1.29, 1.82) is 0 Å². The minimum atomic E-state index is -4.24. The van der Waals surface area contributed by atoms with E-state index in [1.165, 1.54) is 0 Å². The zero-order chi connectivity index (χ0) is 15.4. The molecular weight excluding hydrogens is 373 g/mol. The number of allylic oxidation sites excluding steroid dienone is 4. The fourth-order valence-electron chi connectivity index (χ4n) is 2.42. The molecule has 118 valence electrons. The number of thiophene rings is 1. The normalized spacial score (nSPS) is 15.4. The average Bonchev–Trinajstić information content (AvgIpc) is 2.61. The van der Waals surface area contributed by atoms with E-state index in [1.807, 2.05) is 32.9 Å². The van der Waals surface area contributed by atoms with E-state index in [0.717, 1.165) is 5.56 Å². The van der Waals surface area contributed by atoms with Gasteiger partial charge in [-0.1, -0.05) is 32.9 Å². The number of hydrogen-bond acceptors (Lipinski definition) is 0. The Morgan fingerprint density at radius 3 is 2.09 bits per heavy atom. The lowest BCUT2D eigenvalue weighted by atomic mass is 9.87. The fourth-order valence-corrected chi connectivity index (χ4v) is 4.38. The van der Waals surface area contributed by atoms with E-state index < -0.39 is 16.0 Å². The summed E-state index contributed by atoms with van der Waals surface area (Å²) in [5.41, 5.74) is -2.76. The molecule has 0 amide bonds. The topological polar surface area (TPSA) is 0 Å². The average molecular weight is 389 g/mol. The first-order chi connectivity index (χ1) is 9.68. The van der Waals surface area contributed by atoms with E-state index in [-0.39, 0.29) is 22.4 Å². The van der Waals surface area contributed by atoms with Crippen molar-refractivity contribution >= 4 is 26.1 Å². The summed E-state index contributed by atoms with van der Waals surface area (Å²) in [4.78, 5) is 0.394. The van der Waals surface area contributed by atoms with E-state index in [1.54, 1.807) is 30.4 Å². The van der Waals surface area contributed by atoms with Crippen molar-refractivity contribution in [3.05, 3.63) is 52.9 Å². The Bertz CT molecular complexity index is 774. The molecule has 2 aromatic rings. The third-order valence-corrected chi connectivity index (χ3v) is 5.72. The van der Waals surface area contributed by atoms with Crippen LogP contribution < -0.4 is 17.0 Å². The van der Waals surface area contributed by atoms with Gasteiger partial charge >= 0.3 is 5.51 Å². The maximum Gasteiger partial charge on any atom is 0.601 e. The summed E-state index contributed by atoms with van der Waals surface area (Å²) >= 11 is 0. The molecule has 0 N–H and O–H groups in total. The first-order valence-electron chi connectivity index (χ1n) is 6.74. The Balaban J connectivity index is 0.00000176. The van der Waals surface area contributed by atoms with Gasteiger partial charge in [-0.25, -0.2) is 0 Å². The van der Waals surface area contributed by atoms with Gasteiger partial charge in [-0.3, -0.25) is 0 Å². The SMILES string of the molecule is CC(C)(C)c1ccc2cc(C3=CC=C3)[s+](C(F)(F)F)c2c1.[Br-]. The van der Waals surface area contributed by atoms with Crippen molar-refractivity contribution in [2.75, 3.05) is 0 Å². The van der Waals surface area contributed by atoms with Gasteiger partial charge in [-0.15, -0.1) is 13.2 Å². The summed E-state index contributed by atoms with van der Waals surface area (Å²) in [5, 5.41) is 0.694. The van der Waals surface area contributed by atoms with Crippen molar-refractivity contribution in [3.63, 3.8) is 0 Å². The molecule has 1 aliphatic carbocycles. The number of hydrogen-bond donors (Lipinski definition) is 0. The fraction of sp³-hybridized carbons (Fsp3) is 0.294. The molecule has 3 rings (SSSR count). The van der Waals surface area contributed by atoms with Crippen LogP contribution in [0.3, 0.4) is 0 Å². The molecule has 0 saturated heterocycles. The smallest absolute Gasteiger partial charge is 0.601 e. The maximum absolute atomic E-state index is 13.6. The highest BCUT2D eigenvalue weighted by Gasteiger charge is 2.48. The van der Waals surface area contributed by atoms with Crippen LogP contribution in [0.1, 0.15) is 31.2 Å². The van der Waals surface area contributed by atoms with Gasteiger partial charge in [0.25, 0.3) is 0 Å². The van der Waals surface area contributed by atoms with Crippen LogP contribution in [0.4, 0.5) is 13.2 Å². The first-order valence-corrected chi connectivity index (χ1v) is 7.96. The number of halogens is 4. The van der Waals surface area contributed by atoms with E-state index in [2.05, 4.69) is 0 Å². The monoisotopic (exact) mass is 388 g/mol. The lowest BCUT2D eigenvalue weighted by Crippen LogP contribution is -3.00. The Labute approximate surface area is 141 Å². The molecule has 0 bridgehead atoms. The van der Waals surface area contributed by atoms with Crippen LogP contribution in [0.25, 0.3) is 15.7 Å². The molecule has 0 radical (unpaired) electrons. The van der Waals surface area contributed by atoms with E-state index in [9.17, 15) is 13.2 Å². The predicted octanol–water partition coefficient (Wildman–Crippen LogP) is 3.32. The Hall–Kier alpha value is -1.07. The van der Waals surface area contributed by atoms with E-state index in [0.29, 0.717) is 20.5 Å². The van der Waals surface area contributed by atoms with Gasteiger partial charge in [0.05, 0.1) is 0 Å². The summed E-state index contributed by atoms with van der Waals surface area (Å²) in [6.45, 7) is 6.04. The van der Waals surface area contributed by atoms with Crippen molar-refractivity contribution in [2.45, 2.75) is 31.7 Å². The zero-order valence-corrected chi connectivity index (χ0v) is 14.9. The summed E-state index contributed by atoms with van der Waals surface area (Å²) in [5.74, 6) is 0. The summed E-state index contributed by atoms with van der Waals surface area (Å²) < 4.78 is 41.1. The second-order valence-electron chi connectivity index (χ2n) is 6.24. The van der Waals surface area contributed by atoms with Crippen LogP contribution in [0.5, 0.6) is 0 Å². The van der Waals surface area contributed by atoms with Crippen molar-refractivity contribution in [3.8, 4) is 0 Å². The second kappa shape index (κ2) is 5.53. The molecule has 1 atom stereocenters. The van der Waals surface area contributed by atoms with Gasteiger partial charge in [0.1, 0.15) is 10.5 Å². The molecule has 22 heavy (non-hydrogen) atoms. The van der Waals surface area contributed by atoms with E-state index >= 15 is 0 Å². The van der Waals surface area contributed by atoms with Crippen molar-refractivity contribution in [2.24, 2.45) is 0 Å². The zero-order valence-electron chi connectivity index (χ0n) is 12.5. The summed E-state index contributed by atoms with van der Waals surface area (Å²) in [6.07, 6.45) is 5.26. The predicted molar refractivity (Wildman–Crippen MR) is 83.5 cm³/mol. The Morgan fingerprint density at radius 2 is 1.64 bits per heavy atom. The van der Waals surface area contributed by atoms with Crippen LogP contribution in [0, 0.1) is 0 Å². The van der Waals surface area contributed by atoms with Crippen molar-refractivity contribution < 1.29 is 30.2 Å². The lowest BCUT2D eigenvalue weighted by Gasteiger charge is -2.18. The number of benzene rings is 1. The summed E-state index contributed by atoms with van der Waals surface area (Å²) in [6, 6.07) is 7.17. The van der Waals surface area contributed by atoms with Gasteiger partial charge in [0.2, 0.25) is 0 Å². The third kappa shape index (κ3) is 2.88. The van der Waals surface area contributed by atoms with Crippen molar-refractivity contribution in [1.82, 2.24) is 0 Å². The number of alkyl halides is 3. The van der Waals surface area contributed by atoms with Gasteiger partial charge in [-0.05, 0) is 29.2 Å². The molecule has 1 aromatic carbocycles. The number of rotatable bonds is 1. The molecular formula is C17H16BrF3S. The third-order valence-electron chi connectivity index (χ3n) is 3.67. The molecule has 1 unspecified atom stereocenters. The van der Waals surface area contributed by atoms with Gasteiger partial charge < -0.3 is 17.0 Å². The molecule has 1 aliphatic rings. The minimum Gasteiger partial charge on any atom is -1.00 e. The Morgan fingerprint density at radius 1 is 1.00 bits per heavy atom. The summed E-state index contributed by atoms with van der Waals surface area (Å²) in [7, 11) is -1.84. The largest absolute Gasteiger partial charge is 1.00 e. The Kier molecular flexibility index (Phi) is 4.35. The van der Waals surface area contributed by atoms with Crippen LogP contribution in [-0.4, -0.2) is 0 Å². The van der Waals surface area contributed by atoms with Gasteiger partial charge in [0, 0.05) is 23.1 Å². The molecule has 0 fully saturated rings. The molecule has 0 saturated carbocycles. The first kappa shape index (κ1) is 17.3. The highest BCUT2D eigenvalue weighted by atomic mass is 79.9. The highest BCUT2D eigenvalue weighted by Crippen LogP contribution is 2.54. The molecule has 0 aliphatic heterocycles. The highest BCUT2D eigenvalue weighted by molar-refractivity contribution is 7.39.